The molecule has 1 saturated heterocycles. The standard InChI is InChI=1S/C13H22N4OS/c1-8(2)11-10(14)12(17-16-11)13(18)15-7-9-5-3-4-6-19-9/h8-9H,3-7,14H2,1-2H3,(H,15,18)(H,16,17). The summed E-state index contributed by atoms with van der Waals surface area (Å²) in [5.41, 5.74) is 7.58. The van der Waals surface area contributed by atoms with Gasteiger partial charge in [0.2, 0.25) is 0 Å². The molecule has 0 saturated carbocycles. The molecule has 1 aromatic rings. The van der Waals surface area contributed by atoms with Crippen LogP contribution in [0, 0.1) is 0 Å². The fourth-order valence-electron chi connectivity index (χ4n) is 2.24. The summed E-state index contributed by atoms with van der Waals surface area (Å²) in [6, 6.07) is 0. The van der Waals surface area contributed by atoms with E-state index in [4.69, 9.17) is 5.73 Å². The van der Waals surface area contributed by atoms with Crippen LogP contribution in [-0.4, -0.2) is 33.7 Å². The van der Waals surface area contributed by atoms with Gasteiger partial charge in [0.25, 0.3) is 5.91 Å². The predicted octanol–water partition coefficient (Wildman–Crippen LogP) is 2.13. The number of rotatable bonds is 4. The molecule has 6 heteroatoms. The number of aromatic amines is 1. The maximum Gasteiger partial charge on any atom is 0.273 e. The molecule has 1 unspecified atom stereocenters. The number of carbonyl (C=O) groups is 1. The van der Waals surface area contributed by atoms with E-state index in [9.17, 15) is 4.79 Å². The van der Waals surface area contributed by atoms with Crippen molar-refractivity contribution in [2.75, 3.05) is 18.0 Å². The number of aromatic nitrogens is 2. The molecule has 19 heavy (non-hydrogen) atoms. The second-order valence-corrected chi connectivity index (χ2v) is 6.66. The van der Waals surface area contributed by atoms with Crippen molar-refractivity contribution in [1.82, 2.24) is 15.5 Å². The Morgan fingerprint density at radius 3 is 2.95 bits per heavy atom. The van der Waals surface area contributed by atoms with Crippen LogP contribution >= 0.6 is 11.8 Å². The molecule has 2 rings (SSSR count). The summed E-state index contributed by atoms with van der Waals surface area (Å²) in [6.07, 6.45) is 3.73. The summed E-state index contributed by atoms with van der Waals surface area (Å²) >= 11 is 1.94. The summed E-state index contributed by atoms with van der Waals surface area (Å²) in [5, 5.41) is 10.4. The van der Waals surface area contributed by atoms with Crippen molar-refractivity contribution in [3.63, 3.8) is 0 Å². The third-order valence-corrected chi connectivity index (χ3v) is 4.79. The summed E-state index contributed by atoms with van der Waals surface area (Å²) < 4.78 is 0. The monoisotopic (exact) mass is 282 g/mol. The number of thioether (sulfide) groups is 1. The van der Waals surface area contributed by atoms with Crippen LogP contribution in [0.15, 0.2) is 0 Å². The van der Waals surface area contributed by atoms with Gasteiger partial charge in [-0.25, -0.2) is 0 Å². The van der Waals surface area contributed by atoms with Gasteiger partial charge in [0.05, 0.1) is 11.4 Å². The molecule has 1 amide bonds. The van der Waals surface area contributed by atoms with Gasteiger partial charge in [-0.2, -0.15) is 16.9 Å². The van der Waals surface area contributed by atoms with Gasteiger partial charge in [0, 0.05) is 11.8 Å². The van der Waals surface area contributed by atoms with E-state index in [1.807, 2.05) is 25.6 Å². The van der Waals surface area contributed by atoms with E-state index in [0.29, 0.717) is 23.2 Å². The molecular formula is C13H22N4OS. The third-order valence-electron chi connectivity index (χ3n) is 3.39. The van der Waals surface area contributed by atoms with E-state index in [2.05, 4.69) is 15.5 Å². The minimum atomic E-state index is -0.174. The summed E-state index contributed by atoms with van der Waals surface area (Å²) in [6.45, 7) is 4.74. The van der Waals surface area contributed by atoms with E-state index in [1.165, 1.54) is 25.0 Å². The number of amides is 1. The van der Waals surface area contributed by atoms with Crippen molar-refractivity contribution < 1.29 is 4.79 Å². The zero-order valence-electron chi connectivity index (χ0n) is 11.5. The third kappa shape index (κ3) is 3.43. The second-order valence-electron chi connectivity index (χ2n) is 5.25. The zero-order valence-corrected chi connectivity index (χ0v) is 12.3. The van der Waals surface area contributed by atoms with Crippen LogP contribution in [0.3, 0.4) is 0 Å². The molecule has 0 aromatic carbocycles. The topological polar surface area (TPSA) is 83.8 Å². The first-order valence-electron chi connectivity index (χ1n) is 6.83. The van der Waals surface area contributed by atoms with E-state index in [0.717, 1.165) is 5.69 Å². The largest absolute Gasteiger partial charge is 0.395 e. The lowest BCUT2D eigenvalue weighted by atomic mass is 10.1. The molecule has 0 spiro atoms. The number of hydrogen-bond donors (Lipinski definition) is 3. The second kappa shape index (κ2) is 6.32. The molecule has 1 fully saturated rings. The van der Waals surface area contributed by atoms with Gasteiger partial charge in [-0.05, 0) is 24.5 Å². The Labute approximate surface area is 118 Å². The molecule has 0 aliphatic carbocycles. The first-order chi connectivity index (χ1) is 9.09. The minimum absolute atomic E-state index is 0.174. The highest BCUT2D eigenvalue weighted by Gasteiger charge is 2.20. The van der Waals surface area contributed by atoms with Crippen LogP contribution in [0.5, 0.6) is 0 Å². The number of carbonyl (C=O) groups excluding carboxylic acids is 1. The SMILES string of the molecule is CC(C)c1[nH]nc(C(=O)NCC2CCCCS2)c1N. The number of nitrogens with one attached hydrogen (secondary N) is 2. The van der Waals surface area contributed by atoms with Crippen LogP contribution in [0.2, 0.25) is 0 Å². The molecular weight excluding hydrogens is 260 g/mol. The number of nitrogens with zero attached hydrogens (tertiary/aromatic N) is 1. The number of nitrogen functional groups attached to an aromatic ring is 1. The maximum absolute atomic E-state index is 12.1. The predicted molar refractivity (Wildman–Crippen MR) is 79.5 cm³/mol. The Hall–Kier alpha value is -1.17. The molecule has 1 aliphatic rings. The number of H-pyrrole nitrogens is 1. The Bertz CT molecular complexity index is 438. The zero-order chi connectivity index (χ0) is 13.8. The first-order valence-corrected chi connectivity index (χ1v) is 7.88. The highest BCUT2D eigenvalue weighted by atomic mass is 32.2. The van der Waals surface area contributed by atoms with Crippen molar-refractivity contribution in [1.29, 1.82) is 0 Å². The Morgan fingerprint density at radius 1 is 1.58 bits per heavy atom. The lowest BCUT2D eigenvalue weighted by molar-refractivity contribution is 0.0949. The molecule has 4 N–H and O–H groups in total. The minimum Gasteiger partial charge on any atom is -0.395 e. The Balaban J connectivity index is 1.92. The van der Waals surface area contributed by atoms with E-state index < -0.39 is 0 Å². The Kier molecular flexibility index (Phi) is 4.74. The van der Waals surface area contributed by atoms with Crippen molar-refractivity contribution in [2.45, 2.75) is 44.3 Å². The van der Waals surface area contributed by atoms with Gasteiger partial charge in [0.1, 0.15) is 0 Å². The normalized spacial score (nSPS) is 19.6. The van der Waals surface area contributed by atoms with Gasteiger partial charge in [-0.3, -0.25) is 9.89 Å². The fourth-order valence-corrected chi connectivity index (χ4v) is 3.47. The molecule has 0 bridgehead atoms. The van der Waals surface area contributed by atoms with Crippen LogP contribution in [0.4, 0.5) is 5.69 Å². The lowest BCUT2D eigenvalue weighted by Crippen LogP contribution is -2.32. The summed E-state index contributed by atoms with van der Waals surface area (Å²) in [5.74, 6) is 1.26. The van der Waals surface area contributed by atoms with Crippen LogP contribution in [0.1, 0.15) is 55.2 Å². The van der Waals surface area contributed by atoms with Gasteiger partial charge < -0.3 is 11.1 Å². The van der Waals surface area contributed by atoms with Crippen LogP contribution < -0.4 is 11.1 Å². The number of nitrogens with two attached hydrogens (primary N) is 1. The highest BCUT2D eigenvalue weighted by molar-refractivity contribution is 7.99. The van der Waals surface area contributed by atoms with Crippen LogP contribution in [-0.2, 0) is 0 Å². The quantitative estimate of drug-likeness (QED) is 0.790. The highest BCUT2D eigenvalue weighted by Crippen LogP contribution is 2.25. The fraction of sp³-hybridized carbons (Fsp3) is 0.692. The van der Waals surface area contributed by atoms with Gasteiger partial charge in [-0.1, -0.05) is 20.3 Å². The number of hydrogen-bond acceptors (Lipinski definition) is 4. The molecule has 1 aromatic heterocycles. The molecule has 2 heterocycles. The summed E-state index contributed by atoms with van der Waals surface area (Å²) in [7, 11) is 0. The van der Waals surface area contributed by atoms with E-state index in [1.54, 1.807) is 0 Å². The van der Waals surface area contributed by atoms with Gasteiger partial charge in [0.15, 0.2) is 5.69 Å². The molecule has 106 valence electrons. The number of anilines is 1. The van der Waals surface area contributed by atoms with E-state index >= 15 is 0 Å². The van der Waals surface area contributed by atoms with Crippen LogP contribution in [0.25, 0.3) is 0 Å². The van der Waals surface area contributed by atoms with Gasteiger partial charge in [-0.15, -0.1) is 0 Å². The van der Waals surface area contributed by atoms with Crippen molar-refractivity contribution >= 4 is 23.4 Å². The molecule has 1 aliphatic heterocycles. The van der Waals surface area contributed by atoms with Crippen molar-refractivity contribution in [2.24, 2.45) is 0 Å². The molecule has 0 radical (unpaired) electrons. The van der Waals surface area contributed by atoms with Crippen molar-refractivity contribution in [3.05, 3.63) is 11.4 Å². The van der Waals surface area contributed by atoms with Gasteiger partial charge >= 0.3 is 0 Å². The van der Waals surface area contributed by atoms with E-state index in [-0.39, 0.29) is 11.8 Å². The molecule has 5 nitrogen and oxygen atoms in total. The maximum atomic E-state index is 12.1. The molecule has 1 atom stereocenters. The smallest absolute Gasteiger partial charge is 0.273 e. The first kappa shape index (κ1) is 14.2. The lowest BCUT2D eigenvalue weighted by Gasteiger charge is -2.21. The van der Waals surface area contributed by atoms with Crippen molar-refractivity contribution in [3.8, 4) is 0 Å². The summed E-state index contributed by atoms with van der Waals surface area (Å²) in [4.78, 5) is 12.1. The Morgan fingerprint density at radius 2 is 2.37 bits per heavy atom. The average Bonchev–Trinajstić information content (AvgIpc) is 2.79. The average molecular weight is 282 g/mol.